The van der Waals surface area contributed by atoms with E-state index >= 15 is 0 Å². The van der Waals surface area contributed by atoms with E-state index in [-0.39, 0.29) is 0 Å². The molecule has 3 unspecified atom stereocenters. The van der Waals surface area contributed by atoms with Crippen molar-refractivity contribution in [2.24, 2.45) is 5.92 Å². The molecule has 0 N–H and O–H groups in total. The van der Waals surface area contributed by atoms with Gasteiger partial charge in [-0.25, -0.2) is 0 Å². The summed E-state index contributed by atoms with van der Waals surface area (Å²) in [6.07, 6.45) is 7.92. The Morgan fingerprint density at radius 1 is 1.21 bits per heavy atom. The van der Waals surface area contributed by atoms with Gasteiger partial charge < -0.3 is 4.74 Å². The molecule has 0 saturated carbocycles. The Morgan fingerprint density at radius 3 is 2.36 bits per heavy atom. The number of hydrogen-bond donors (Lipinski definition) is 0. The molecule has 0 amide bonds. The average Bonchev–Trinajstić information content (AvgIpc) is 2.26. The fourth-order valence-corrected chi connectivity index (χ4v) is 2.47. The van der Waals surface area contributed by atoms with Gasteiger partial charge in [-0.15, -0.1) is 0 Å². The van der Waals surface area contributed by atoms with Gasteiger partial charge in [0.1, 0.15) is 0 Å². The van der Waals surface area contributed by atoms with Crippen LogP contribution in [0.5, 0.6) is 0 Å². The SMILES string of the molecule is C/C=C1/CC(CC)C(CC)OC1CC. The molecule has 0 bridgehead atoms. The van der Waals surface area contributed by atoms with E-state index in [0.29, 0.717) is 12.2 Å². The minimum atomic E-state index is 0.396. The molecule has 82 valence electrons. The maximum atomic E-state index is 6.12. The quantitative estimate of drug-likeness (QED) is 0.621. The summed E-state index contributed by atoms with van der Waals surface area (Å²) in [5.74, 6) is 0.744. The molecule has 1 rings (SSSR count). The van der Waals surface area contributed by atoms with E-state index in [2.05, 4.69) is 33.8 Å². The molecule has 0 spiro atoms. The first-order valence-electron chi connectivity index (χ1n) is 6.07. The van der Waals surface area contributed by atoms with Crippen LogP contribution in [0.15, 0.2) is 11.6 Å². The molecule has 14 heavy (non-hydrogen) atoms. The second-order valence-corrected chi connectivity index (χ2v) is 4.22. The van der Waals surface area contributed by atoms with E-state index < -0.39 is 0 Å². The van der Waals surface area contributed by atoms with Crippen LogP contribution in [0.25, 0.3) is 0 Å². The van der Waals surface area contributed by atoms with Crippen molar-refractivity contribution < 1.29 is 4.74 Å². The smallest absolute Gasteiger partial charge is 0.0786 e. The van der Waals surface area contributed by atoms with Gasteiger partial charge in [-0.05, 0) is 37.7 Å². The van der Waals surface area contributed by atoms with Gasteiger partial charge in [-0.2, -0.15) is 0 Å². The zero-order chi connectivity index (χ0) is 10.6. The summed E-state index contributed by atoms with van der Waals surface area (Å²) in [7, 11) is 0. The van der Waals surface area contributed by atoms with Gasteiger partial charge >= 0.3 is 0 Å². The predicted octanol–water partition coefficient (Wildman–Crippen LogP) is 3.94. The fourth-order valence-electron chi connectivity index (χ4n) is 2.47. The zero-order valence-electron chi connectivity index (χ0n) is 10.0. The van der Waals surface area contributed by atoms with Gasteiger partial charge in [0, 0.05) is 0 Å². The predicted molar refractivity (Wildman–Crippen MR) is 61.4 cm³/mol. The second-order valence-electron chi connectivity index (χ2n) is 4.22. The molecular formula is C13H24O. The summed E-state index contributed by atoms with van der Waals surface area (Å²) in [6.45, 7) is 8.87. The lowest BCUT2D eigenvalue weighted by Gasteiger charge is -2.37. The third-order valence-corrected chi connectivity index (χ3v) is 3.44. The summed E-state index contributed by atoms with van der Waals surface area (Å²) in [6, 6.07) is 0. The van der Waals surface area contributed by atoms with Gasteiger partial charge in [0.05, 0.1) is 12.2 Å². The Bertz CT molecular complexity index is 195. The summed E-state index contributed by atoms with van der Waals surface area (Å²) in [5.41, 5.74) is 1.52. The van der Waals surface area contributed by atoms with Gasteiger partial charge in [-0.3, -0.25) is 0 Å². The zero-order valence-corrected chi connectivity index (χ0v) is 10.0. The Morgan fingerprint density at radius 2 is 1.93 bits per heavy atom. The van der Waals surface area contributed by atoms with Crippen molar-refractivity contribution in [2.45, 2.75) is 65.6 Å². The highest BCUT2D eigenvalue weighted by Crippen LogP contribution is 2.34. The minimum Gasteiger partial charge on any atom is -0.370 e. The average molecular weight is 196 g/mol. The Labute approximate surface area is 88.5 Å². The summed E-state index contributed by atoms with van der Waals surface area (Å²) in [4.78, 5) is 0. The molecular weight excluding hydrogens is 172 g/mol. The molecule has 1 heterocycles. The van der Waals surface area contributed by atoms with Crippen LogP contribution in [0, 0.1) is 5.92 Å². The largest absolute Gasteiger partial charge is 0.370 e. The van der Waals surface area contributed by atoms with Gasteiger partial charge in [0.15, 0.2) is 0 Å². The molecule has 1 aliphatic heterocycles. The van der Waals surface area contributed by atoms with Crippen molar-refractivity contribution in [1.82, 2.24) is 0 Å². The summed E-state index contributed by atoms with van der Waals surface area (Å²) >= 11 is 0. The van der Waals surface area contributed by atoms with Crippen LogP contribution >= 0.6 is 0 Å². The van der Waals surface area contributed by atoms with Crippen LogP contribution in [0.1, 0.15) is 53.4 Å². The molecule has 1 fully saturated rings. The van der Waals surface area contributed by atoms with Gasteiger partial charge in [0.2, 0.25) is 0 Å². The van der Waals surface area contributed by atoms with Crippen LogP contribution in [0.2, 0.25) is 0 Å². The van der Waals surface area contributed by atoms with Crippen molar-refractivity contribution in [3.63, 3.8) is 0 Å². The Hall–Kier alpha value is -0.300. The third kappa shape index (κ3) is 2.38. The van der Waals surface area contributed by atoms with E-state index in [0.717, 1.165) is 18.8 Å². The normalized spacial score (nSPS) is 36.3. The number of rotatable bonds is 3. The summed E-state index contributed by atoms with van der Waals surface area (Å²) in [5, 5.41) is 0. The van der Waals surface area contributed by atoms with E-state index in [4.69, 9.17) is 4.74 Å². The lowest BCUT2D eigenvalue weighted by Crippen LogP contribution is -2.35. The molecule has 1 aliphatic rings. The first-order chi connectivity index (χ1) is 6.76. The molecule has 1 saturated heterocycles. The monoisotopic (exact) mass is 196 g/mol. The number of ether oxygens (including phenoxy) is 1. The lowest BCUT2D eigenvalue weighted by atomic mass is 9.84. The molecule has 0 aromatic heterocycles. The highest BCUT2D eigenvalue weighted by Gasteiger charge is 2.30. The highest BCUT2D eigenvalue weighted by atomic mass is 16.5. The van der Waals surface area contributed by atoms with Crippen LogP contribution in [0.3, 0.4) is 0 Å². The first kappa shape index (κ1) is 11.8. The van der Waals surface area contributed by atoms with Crippen LogP contribution < -0.4 is 0 Å². The number of allylic oxidation sites excluding steroid dienone is 1. The van der Waals surface area contributed by atoms with Gasteiger partial charge in [-0.1, -0.05) is 33.3 Å². The van der Waals surface area contributed by atoms with Crippen molar-refractivity contribution in [2.75, 3.05) is 0 Å². The molecule has 0 aromatic carbocycles. The molecule has 1 heteroatoms. The maximum Gasteiger partial charge on any atom is 0.0786 e. The van der Waals surface area contributed by atoms with E-state index in [1.165, 1.54) is 18.4 Å². The molecule has 3 atom stereocenters. The van der Waals surface area contributed by atoms with Crippen molar-refractivity contribution in [1.29, 1.82) is 0 Å². The van der Waals surface area contributed by atoms with Crippen molar-refractivity contribution >= 4 is 0 Å². The topological polar surface area (TPSA) is 9.23 Å². The first-order valence-corrected chi connectivity index (χ1v) is 6.07. The molecule has 0 aromatic rings. The third-order valence-electron chi connectivity index (χ3n) is 3.44. The summed E-state index contributed by atoms with van der Waals surface area (Å²) < 4.78 is 6.12. The van der Waals surface area contributed by atoms with Crippen LogP contribution in [-0.4, -0.2) is 12.2 Å². The van der Waals surface area contributed by atoms with E-state index in [1.807, 2.05) is 0 Å². The van der Waals surface area contributed by atoms with E-state index in [9.17, 15) is 0 Å². The second kappa shape index (κ2) is 5.55. The minimum absolute atomic E-state index is 0.396. The number of hydrogen-bond acceptors (Lipinski definition) is 1. The highest BCUT2D eigenvalue weighted by molar-refractivity contribution is 5.11. The molecule has 1 nitrogen and oxygen atoms in total. The van der Waals surface area contributed by atoms with Crippen molar-refractivity contribution in [3.05, 3.63) is 11.6 Å². The fraction of sp³-hybridized carbons (Fsp3) is 0.846. The molecule has 0 aliphatic carbocycles. The van der Waals surface area contributed by atoms with Crippen LogP contribution in [0.4, 0.5) is 0 Å². The lowest BCUT2D eigenvalue weighted by molar-refractivity contribution is -0.0565. The maximum absolute atomic E-state index is 6.12. The molecule has 0 radical (unpaired) electrons. The standard InChI is InChI=1S/C13H24O/c1-5-10-9-11(6-2)13(8-4)14-12(10)7-3/h5,11-13H,6-9H2,1-4H3/b10-5-. The van der Waals surface area contributed by atoms with Crippen molar-refractivity contribution in [3.8, 4) is 0 Å². The Kier molecular flexibility index (Phi) is 4.67. The van der Waals surface area contributed by atoms with Crippen LogP contribution in [-0.2, 0) is 4.74 Å². The Balaban J connectivity index is 2.69. The van der Waals surface area contributed by atoms with Gasteiger partial charge in [0.25, 0.3) is 0 Å². The van der Waals surface area contributed by atoms with E-state index in [1.54, 1.807) is 0 Å².